The first-order valence-corrected chi connectivity index (χ1v) is 8.34. The van der Waals surface area contributed by atoms with Crippen LogP contribution in [-0.4, -0.2) is 63.0 Å². The highest BCUT2D eigenvalue weighted by Crippen LogP contribution is 2.10. The molecule has 0 saturated carbocycles. The zero-order valence-corrected chi connectivity index (χ0v) is 13.9. The summed E-state index contributed by atoms with van der Waals surface area (Å²) in [4.78, 5) is 23.6. The Morgan fingerprint density at radius 1 is 0.913 bits per heavy atom. The Kier molecular flexibility index (Phi) is 12.1. The van der Waals surface area contributed by atoms with E-state index in [1.807, 2.05) is 0 Å². The standard InChI is InChI=1S/C16H31NO6/c1-2-3-4-5-6-7-8-9-11(19)14(21)13(17)16(23)15(22)12(20)10-18/h12-13,15-16,18,20,22-23H,2-10,17H2,1H3/t12-,13+,15-,16-/m1/s1. The van der Waals surface area contributed by atoms with E-state index in [-0.39, 0.29) is 6.42 Å². The van der Waals surface area contributed by atoms with Crippen LogP contribution in [0.3, 0.4) is 0 Å². The van der Waals surface area contributed by atoms with E-state index in [1.165, 1.54) is 19.3 Å². The number of ketones is 2. The molecule has 7 heteroatoms. The minimum atomic E-state index is -1.80. The quantitative estimate of drug-likeness (QED) is 0.216. The van der Waals surface area contributed by atoms with Gasteiger partial charge in [-0.05, 0) is 6.42 Å². The molecule has 7 nitrogen and oxygen atoms in total. The molecule has 0 aliphatic heterocycles. The van der Waals surface area contributed by atoms with Crippen LogP contribution in [0.5, 0.6) is 0 Å². The molecule has 0 aromatic heterocycles. The molecule has 136 valence electrons. The van der Waals surface area contributed by atoms with Gasteiger partial charge < -0.3 is 26.2 Å². The van der Waals surface area contributed by atoms with Crippen molar-refractivity contribution in [3.63, 3.8) is 0 Å². The Balaban J connectivity index is 4.10. The summed E-state index contributed by atoms with van der Waals surface area (Å²) < 4.78 is 0. The van der Waals surface area contributed by atoms with Crippen molar-refractivity contribution >= 4 is 11.6 Å². The molecule has 0 aromatic rings. The molecule has 0 aliphatic rings. The number of aliphatic hydroxyl groups excluding tert-OH is 4. The highest BCUT2D eigenvalue weighted by atomic mass is 16.4. The number of aliphatic hydroxyl groups is 4. The van der Waals surface area contributed by atoms with Crippen molar-refractivity contribution in [2.45, 2.75) is 82.6 Å². The first-order valence-electron chi connectivity index (χ1n) is 8.34. The van der Waals surface area contributed by atoms with Crippen molar-refractivity contribution in [3.8, 4) is 0 Å². The minimum absolute atomic E-state index is 0.0612. The number of carbonyl (C=O) groups excluding carboxylic acids is 2. The second-order valence-corrected chi connectivity index (χ2v) is 5.92. The summed E-state index contributed by atoms with van der Waals surface area (Å²) in [6, 6.07) is -1.61. The molecule has 0 bridgehead atoms. The molecule has 0 unspecified atom stereocenters. The van der Waals surface area contributed by atoms with E-state index >= 15 is 0 Å². The van der Waals surface area contributed by atoms with Crippen LogP contribution >= 0.6 is 0 Å². The number of hydrogen-bond donors (Lipinski definition) is 5. The van der Waals surface area contributed by atoms with Gasteiger partial charge in [0.15, 0.2) is 5.78 Å². The lowest BCUT2D eigenvalue weighted by molar-refractivity contribution is -0.142. The third-order valence-electron chi connectivity index (χ3n) is 3.88. The molecule has 0 radical (unpaired) electrons. The third kappa shape index (κ3) is 8.53. The molecule has 0 fully saturated rings. The number of nitrogens with two attached hydrogens (primary N) is 1. The minimum Gasteiger partial charge on any atom is -0.394 e. The number of hydrogen-bond acceptors (Lipinski definition) is 7. The number of Topliss-reactive ketones (excluding diaryl/α,β-unsaturated/α-hetero) is 2. The van der Waals surface area contributed by atoms with Gasteiger partial charge in [0.25, 0.3) is 0 Å². The maximum Gasteiger partial charge on any atom is 0.217 e. The maximum absolute atomic E-state index is 11.8. The number of rotatable bonds is 14. The SMILES string of the molecule is CCCCCCCCCC(=O)C(=O)[C@H](N)[C@@H](O)[C@H](O)[C@H](O)CO. The molecule has 6 N–H and O–H groups in total. The molecule has 0 heterocycles. The average Bonchev–Trinajstić information content (AvgIpc) is 2.57. The highest BCUT2D eigenvalue weighted by molar-refractivity contribution is 6.39. The lowest BCUT2D eigenvalue weighted by atomic mass is 9.95. The Morgan fingerprint density at radius 2 is 1.43 bits per heavy atom. The second-order valence-electron chi connectivity index (χ2n) is 5.92. The lowest BCUT2D eigenvalue weighted by Crippen LogP contribution is -2.54. The van der Waals surface area contributed by atoms with E-state index in [9.17, 15) is 24.9 Å². The largest absolute Gasteiger partial charge is 0.394 e. The van der Waals surface area contributed by atoms with E-state index in [0.29, 0.717) is 6.42 Å². The molecule has 0 aliphatic carbocycles. The average molecular weight is 333 g/mol. The highest BCUT2D eigenvalue weighted by Gasteiger charge is 2.35. The van der Waals surface area contributed by atoms with Gasteiger partial charge in [0, 0.05) is 6.42 Å². The molecule has 0 spiro atoms. The van der Waals surface area contributed by atoms with Gasteiger partial charge in [-0.2, -0.15) is 0 Å². The van der Waals surface area contributed by atoms with E-state index in [0.717, 1.165) is 19.3 Å². The monoisotopic (exact) mass is 333 g/mol. The third-order valence-corrected chi connectivity index (χ3v) is 3.88. The van der Waals surface area contributed by atoms with Crippen LogP contribution in [-0.2, 0) is 9.59 Å². The zero-order chi connectivity index (χ0) is 17.8. The van der Waals surface area contributed by atoms with Crippen molar-refractivity contribution in [2.24, 2.45) is 5.73 Å². The Morgan fingerprint density at radius 3 is 1.96 bits per heavy atom. The molecular weight excluding hydrogens is 302 g/mol. The maximum atomic E-state index is 11.8. The van der Waals surface area contributed by atoms with Gasteiger partial charge in [-0.1, -0.05) is 45.4 Å². The van der Waals surface area contributed by atoms with E-state index < -0.39 is 42.5 Å². The van der Waals surface area contributed by atoms with Crippen molar-refractivity contribution in [2.75, 3.05) is 6.61 Å². The van der Waals surface area contributed by atoms with Crippen LogP contribution in [0.2, 0.25) is 0 Å². The van der Waals surface area contributed by atoms with Gasteiger partial charge in [0.05, 0.1) is 6.61 Å². The predicted molar refractivity (Wildman–Crippen MR) is 85.7 cm³/mol. The van der Waals surface area contributed by atoms with E-state index in [4.69, 9.17) is 10.8 Å². The van der Waals surface area contributed by atoms with Gasteiger partial charge in [0.2, 0.25) is 5.78 Å². The first-order chi connectivity index (χ1) is 10.9. The Labute approximate surface area is 137 Å². The molecule has 4 atom stereocenters. The van der Waals surface area contributed by atoms with E-state index in [1.54, 1.807) is 0 Å². The topological polar surface area (TPSA) is 141 Å². The summed E-state index contributed by atoms with van der Waals surface area (Å²) in [5, 5.41) is 37.1. The predicted octanol–water partition coefficient (Wildman–Crippen LogP) is -0.332. The molecule has 23 heavy (non-hydrogen) atoms. The second kappa shape index (κ2) is 12.5. The van der Waals surface area contributed by atoms with Gasteiger partial charge in [-0.15, -0.1) is 0 Å². The molecular formula is C16H31NO6. The van der Waals surface area contributed by atoms with Crippen molar-refractivity contribution in [3.05, 3.63) is 0 Å². The molecule has 0 saturated heterocycles. The zero-order valence-electron chi connectivity index (χ0n) is 13.9. The van der Waals surface area contributed by atoms with Gasteiger partial charge >= 0.3 is 0 Å². The van der Waals surface area contributed by atoms with Crippen LogP contribution in [0, 0.1) is 0 Å². The molecule has 0 aromatic carbocycles. The number of unbranched alkanes of at least 4 members (excludes halogenated alkanes) is 6. The summed E-state index contributed by atoms with van der Waals surface area (Å²) in [5.41, 5.74) is 5.47. The number of carbonyl (C=O) groups is 2. The fourth-order valence-corrected chi connectivity index (χ4v) is 2.25. The van der Waals surface area contributed by atoms with Gasteiger partial charge in [-0.25, -0.2) is 0 Å². The lowest BCUT2D eigenvalue weighted by Gasteiger charge is -2.25. The fourth-order valence-electron chi connectivity index (χ4n) is 2.25. The summed E-state index contributed by atoms with van der Waals surface area (Å²) >= 11 is 0. The van der Waals surface area contributed by atoms with Crippen LogP contribution in [0.4, 0.5) is 0 Å². The Hall–Kier alpha value is -0.860. The smallest absolute Gasteiger partial charge is 0.217 e. The summed E-state index contributed by atoms with van der Waals surface area (Å²) in [6.07, 6.45) is 1.95. The molecule has 0 amide bonds. The van der Waals surface area contributed by atoms with Gasteiger partial charge in [-0.3, -0.25) is 9.59 Å². The van der Waals surface area contributed by atoms with Crippen molar-refractivity contribution in [1.29, 1.82) is 0 Å². The summed E-state index contributed by atoms with van der Waals surface area (Å²) in [6.45, 7) is 1.35. The Bertz CT molecular complexity index is 349. The summed E-state index contributed by atoms with van der Waals surface area (Å²) in [5.74, 6) is -1.65. The van der Waals surface area contributed by atoms with Crippen LogP contribution in [0.15, 0.2) is 0 Å². The van der Waals surface area contributed by atoms with Crippen LogP contribution in [0.25, 0.3) is 0 Å². The van der Waals surface area contributed by atoms with E-state index in [2.05, 4.69) is 6.92 Å². The van der Waals surface area contributed by atoms with Crippen molar-refractivity contribution in [1.82, 2.24) is 0 Å². The van der Waals surface area contributed by atoms with Gasteiger partial charge in [0.1, 0.15) is 24.4 Å². The summed E-state index contributed by atoms with van der Waals surface area (Å²) in [7, 11) is 0. The fraction of sp³-hybridized carbons (Fsp3) is 0.875. The van der Waals surface area contributed by atoms with Crippen LogP contribution < -0.4 is 5.73 Å². The normalized spacial score (nSPS) is 16.6. The van der Waals surface area contributed by atoms with Crippen molar-refractivity contribution < 1.29 is 30.0 Å². The first kappa shape index (κ1) is 22.1. The van der Waals surface area contributed by atoms with Crippen LogP contribution in [0.1, 0.15) is 58.3 Å². The molecule has 0 rings (SSSR count).